The van der Waals surface area contributed by atoms with Gasteiger partial charge in [0, 0.05) is 19.6 Å². The lowest BCUT2D eigenvalue weighted by molar-refractivity contribution is 0.0374. The van der Waals surface area contributed by atoms with E-state index in [2.05, 4.69) is 10.2 Å². The maximum atomic E-state index is 12.0. The highest BCUT2D eigenvalue weighted by molar-refractivity contribution is 5.97. The smallest absolute Gasteiger partial charge is 0.255 e. The minimum absolute atomic E-state index is 0.0678. The van der Waals surface area contributed by atoms with Gasteiger partial charge in [-0.15, -0.1) is 0 Å². The van der Waals surface area contributed by atoms with E-state index in [-0.39, 0.29) is 11.7 Å². The molecule has 2 N–H and O–H groups in total. The molecule has 1 aromatic rings. The number of rotatable bonds is 5. The van der Waals surface area contributed by atoms with E-state index in [4.69, 9.17) is 4.74 Å². The minimum atomic E-state index is -0.215. The third-order valence-corrected chi connectivity index (χ3v) is 3.52. The fraction of sp³-hybridized carbons (Fsp3) is 0.533. The molecule has 0 atom stereocenters. The number of hydrogen-bond donors (Lipinski definition) is 2. The largest absolute Gasteiger partial charge is 0.507 e. The topological polar surface area (TPSA) is 61.8 Å². The van der Waals surface area contributed by atoms with Crippen molar-refractivity contribution in [3.8, 4) is 5.75 Å². The minimum Gasteiger partial charge on any atom is -0.507 e. The van der Waals surface area contributed by atoms with Gasteiger partial charge in [-0.3, -0.25) is 9.69 Å². The zero-order valence-electron chi connectivity index (χ0n) is 11.9. The molecule has 0 aliphatic carbocycles. The van der Waals surface area contributed by atoms with E-state index in [1.807, 2.05) is 0 Å². The highest BCUT2D eigenvalue weighted by atomic mass is 16.5. The Morgan fingerprint density at radius 3 is 2.90 bits per heavy atom. The van der Waals surface area contributed by atoms with E-state index in [0.717, 1.165) is 39.3 Å². The zero-order chi connectivity index (χ0) is 14.4. The maximum absolute atomic E-state index is 12.0. The molecule has 0 saturated carbocycles. The number of para-hydroxylation sites is 1. The number of nitrogens with one attached hydrogen (secondary N) is 1. The molecular formula is C15H22N2O3. The second-order valence-corrected chi connectivity index (χ2v) is 5.03. The number of ether oxygens (including phenoxy) is 1. The molecule has 1 aromatic carbocycles. The molecule has 20 heavy (non-hydrogen) atoms. The van der Waals surface area contributed by atoms with Crippen LogP contribution >= 0.6 is 0 Å². The van der Waals surface area contributed by atoms with Gasteiger partial charge in [0.05, 0.1) is 18.8 Å². The lowest BCUT2D eigenvalue weighted by atomic mass is 10.1. The van der Waals surface area contributed by atoms with Crippen LogP contribution in [0.5, 0.6) is 5.75 Å². The maximum Gasteiger partial charge on any atom is 0.255 e. The van der Waals surface area contributed by atoms with Gasteiger partial charge in [-0.05, 0) is 31.5 Å². The standard InChI is InChI=1S/C15H22N2O3/c1-12-4-2-5-13(14(12)18)15(19)16-6-3-7-17-8-10-20-11-9-17/h2,4-5,18H,3,6-11H2,1H3,(H,16,19). The van der Waals surface area contributed by atoms with Crippen LogP contribution in [-0.4, -0.2) is 55.3 Å². The summed E-state index contributed by atoms with van der Waals surface area (Å²) in [6, 6.07) is 5.20. The van der Waals surface area contributed by atoms with E-state index >= 15 is 0 Å². The van der Waals surface area contributed by atoms with Gasteiger partial charge in [-0.25, -0.2) is 0 Å². The van der Waals surface area contributed by atoms with Crippen LogP contribution in [0.1, 0.15) is 22.3 Å². The Morgan fingerprint density at radius 2 is 2.15 bits per heavy atom. The molecule has 0 bridgehead atoms. The Labute approximate surface area is 119 Å². The molecule has 0 unspecified atom stereocenters. The Balaban J connectivity index is 1.73. The first-order valence-electron chi connectivity index (χ1n) is 7.05. The third kappa shape index (κ3) is 3.95. The van der Waals surface area contributed by atoms with Crippen LogP contribution in [0, 0.1) is 6.92 Å². The van der Waals surface area contributed by atoms with E-state index in [1.54, 1.807) is 25.1 Å². The van der Waals surface area contributed by atoms with Crippen LogP contribution in [0.2, 0.25) is 0 Å². The zero-order valence-corrected chi connectivity index (χ0v) is 11.9. The summed E-state index contributed by atoms with van der Waals surface area (Å²) >= 11 is 0. The van der Waals surface area contributed by atoms with Gasteiger partial charge < -0.3 is 15.2 Å². The van der Waals surface area contributed by atoms with Gasteiger partial charge in [0.1, 0.15) is 5.75 Å². The van der Waals surface area contributed by atoms with Crippen LogP contribution < -0.4 is 5.32 Å². The lowest BCUT2D eigenvalue weighted by Crippen LogP contribution is -2.38. The molecule has 1 amide bonds. The molecule has 5 nitrogen and oxygen atoms in total. The summed E-state index contributed by atoms with van der Waals surface area (Å²) in [4.78, 5) is 14.3. The molecule has 0 radical (unpaired) electrons. The number of benzene rings is 1. The van der Waals surface area contributed by atoms with Gasteiger partial charge in [0.25, 0.3) is 5.91 Å². The van der Waals surface area contributed by atoms with Crippen molar-refractivity contribution in [2.45, 2.75) is 13.3 Å². The number of nitrogens with zero attached hydrogens (tertiary/aromatic N) is 1. The second kappa shape index (κ2) is 7.26. The Kier molecular flexibility index (Phi) is 5.38. The average Bonchev–Trinajstić information content (AvgIpc) is 2.47. The predicted molar refractivity (Wildman–Crippen MR) is 77.1 cm³/mol. The molecule has 110 valence electrons. The first-order valence-corrected chi connectivity index (χ1v) is 7.05. The molecule has 1 saturated heterocycles. The van der Waals surface area contributed by atoms with Crippen molar-refractivity contribution in [2.75, 3.05) is 39.4 Å². The third-order valence-electron chi connectivity index (χ3n) is 3.52. The van der Waals surface area contributed by atoms with Crippen molar-refractivity contribution >= 4 is 5.91 Å². The van der Waals surface area contributed by atoms with Crippen molar-refractivity contribution in [1.82, 2.24) is 10.2 Å². The summed E-state index contributed by atoms with van der Waals surface area (Å²) in [6.07, 6.45) is 0.901. The molecule has 1 fully saturated rings. The summed E-state index contributed by atoms with van der Waals surface area (Å²) in [6.45, 7) is 6.88. The number of hydrogen-bond acceptors (Lipinski definition) is 4. The molecule has 0 aromatic heterocycles. The van der Waals surface area contributed by atoms with E-state index in [9.17, 15) is 9.90 Å². The van der Waals surface area contributed by atoms with Crippen LogP contribution in [0.15, 0.2) is 18.2 Å². The number of phenols is 1. The molecule has 1 heterocycles. The molecule has 2 rings (SSSR count). The fourth-order valence-electron chi connectivity index (χ4n) is 2.27. The number of aryl methyl sites for hydroxylation is 1. The number of carbonyl (C=O) groups excluding carboxylic acids is 1. The predicted octanol–water partition coefficient (Wildman–Crippen LogP) is 1.15. The quantitative estimate of drug-likeness (QED) is 0.793. The monoisotopic (exact) mass is 278 g/mol. The van der Waals surface area contributed by atoms with Crippen LogP contribution in [-0.2, 0) is 4.74 Å². The Hall–Kier alpha value is -1.59. The van der Waals surface area contributed by atoms with Gasteiger partial charge >= 0.3 is 0 Å². The number of amides is 1. The van der Waals surface area contributed by atoms with Crippen LogP contribution in [0.25, 0.3) is 0 Å². The molecule has 5 heteroatoms. The molecule has 0 spiro atoms. The normalized spacial score (nSPS) is 16.1. The number of aromatic hydroxyl groups is 1. The summed E-state index contributed by atoms with van der Waals surface area (Å²) in [7, 11) is 0. The second-order valence-electron chi connectivity index (χ2n) is 5.03. The summed E-state index contributed by atoms with van der Waals surface area (Å²) in [5, 5.41) is 12.7. The van der Waals surface area contributed by atoms with Crippen molar-refractivity contribution in [3.63, 3.8) is 0 Å². The summed E-state index contributed by atoms with van der Waals surface area (Å²) < 4.78 is 5.29. The first kappa shape index (κ1) is 14.8. The van der Waals surface area contributed by atoms with E-state index < -0.39 is 0 Å². The van der Waals surface area contributed by atoms with Crippen molar-refractivity contribution in [3.05, 3.63) is 29.3 Å². The Morgan fingerprint density at radius 1 is 1.40 bits per heavy atom. The van der Waals surface area contributed by atoms with Gasteiger partial charge in [0.2, 0.25) is 0 Å². The van der Waals surface area contributed by atoms with Crippen molar-refractivity contribution in [2.24, 2.45) is 0 Å². The molecular weight excluding hydrogens is 256 g/mol. The van der Waals surface area contributed by atoms with Crippen molar-refractivity contribution < 1.29 is 14.6 Å². The Bertz CT molecular complexity index is 456. The number of carbonyl (C=O) groups is 1. The lowest BCUT2D eigenvalue weighted by Gasteiger charge is -2.26. The van der Waals surface area contributed by atoms with Gasteiger partial charge in [-0.1, -0.05) is 12.1 Å². The number of phenolic OH excluding ortho intramolecular Hbond substituents is 1. The fourth-order valence-corrected chi connectivity index (χ4v) is 2.27. The molecule has 1 aliphatic rings. The van der Waals surface area contributed by atoms with Crippen LogP contribution in [0.4, 0.5) is 0 Å². The van der Waals surface area contributed by atoms with E-state index in [0.29, 0.717) is 17.7 Å². The van der Waals surface area contributed by atoms with Crippen LogP contribution in [0.3, 0.4) is 0 Å². The van der Waals surface area contributed by atoms with Crippen molar-refractivity contribution in [1.29, 1.82) is 0 Å². The van der Waals surface area contributed by atoms with Gasteiger partial charge in [-0.2, -0.15) is 0 Å². The summed E-state index contributed by atoms with van der Waals surface area (Å²) in [5.74, 6) is -0.147. The van der Waals surface area contributed by atoms with E-state index in [1.165, 1.54) is 0 Å². The van der Waals surface area contributed by atoms with Gasteiger partial charge in [0.15, 0.2) is 0 Å². The SMILES string of the molecule is Cc1cccc(C(=O)NCCCN2CCOCC2)c1O. The first-order chi connectivity index (χ1) is 9.68. The molecule has 1 aliphatic heterocycles. The average molecular weight is 278 g/mol. The highest BCUT2D eigenvalue weighted by Crippen LogP contribution is 2.20. The highest BCUT2D eigenvalue weighted by Gasteiger charge is 2.12. The number of morpholine rings is 1. The summed E-state index contributed by atoms with van der Waals surface area (Å²) in [5.41, 5.74) is 1.06.